The zero-order chi connectivity index (χ0) is 20.1. The molecule has 29 heavy (non-hydrogen) atoms. The van der Waals surface area contributed by atoms with Gasteiger partial charge >= 0.3 is 0 Å². The zero-order valence-corrected chi connectivity index (χ0v) is 17.5. The second-order valence-corrected chi connectivity index (χ2v) is 8.49. The Kier molecular flexibility index (Phi) is 6.66. The van der Waals surface area contributed by atoms with Crippen LogP contribution >= 0.6 is 22.7 Å². The fourth-order valence-corrected chi connectivity index (χ4v) is 4.91. The van der Waals surface area contributed by atoms with Gasteiger partial charge in [0.15, 0.2) is 0 Å². The smallest absolute Gasteiger partial charge is 0.226 e. The number of amides is 1. The summed E-state index contributed by atoms with van der Waals surface area (Å²) in [5.41, 5.74) is 2.86. The minimum absolute atomic E-state index is 0.0137. The lowest BCUT2D eigenvalue weighted by Crippen LogP contribution is -2.44. The fourth-order valence-electron chi connectivity index (χ4n) is 3.38. The summed E-state index contributed by atoms with van der Waals surface area (Å²) < 4.78 is 18.8. The van der Waals surface area contributed by atoms with E-state index in [4.69, 9.17) is 4.74 Å². The number of aromatic nitrogens is 1. The first-order chi connectivity index (χ1) is 14.2. The summed E-state index contributed by atoms with van der Waals surface area (Å²) in [6, 6.07) is 8.52. The lowest BCUT2D eigenvalue weighted by atomic mass is 10.0. The van der Waals surface area contributed by atoms with E-state index in [0.29, 0.717) is 19.8 Å². The summed E-state index contributed by atoms with van der Waals surface area (Å²) in [5.74, 6) is -0.323. The van der Waals surface area contributed by atoms with Crippen LogP contribution in [-0.4, -0.2) is 48.6 Å². The average Bonchev–Trinajstić information content (AvgIpc) is 3.42. The number of hydrogen-bond donors (Lipinski definition) is 1. The summed E-state index contributed by atoms with van der Waals surface area (Å²) in [6.45, 7) is 3.36. The molecule has 0 spiro atoms. The highest BCUT2D eigenvalue weighted by Gasteiger charge is 2.23. The normalized spacial score (nSPS) is 15.9. The largest absolute Gasteiger partial charge is 0.379 e. The molecule has 0 aliphatic carbocycles. The topological polar surface area (TPSA) is 54.5 Å². The number of benzene rings is 1. The Labute approximate surface area is 177 Å². The Morgan fingerprint density at radius 3 is 2.72 bits per heavy atom. The highest BCUT2D eigenvalue weighted by molar-refractivity contribution is 7.14. The quantitative estimate of drug-likeness (QED) is 0.619. The molecule has 0 bridgehead atoms. The molecule has 0 radical (unpaired) electrons. The van der Waals surface area contributed by atoms with Gasteiger partial charge in [0.05, 0.1) is 31.4 Å². The molecule has 1 saturated heterocycles. The zero-order valence-electron chi connectivity index (χ0n) is 15.8. The molecule has 3 aromatic rings. The van der Waals surface area contributed by atoms with Gasteiger partial charge in [0.1, 0.15) is 10.8 Å². The summed E-state index contributed by atoms with van der Waals surface area (Å²) in [6.07, 6.45) is 0.250. The molecule has 1 aliphatic rings. The molecule has 1 amide bonds. The molecule has 8 heteroatoms. The lowest BCUT2D eigenvalue weighted by molar-refractivity contribution is -0.120. The van der Waals surface area contributed by atoms with Crippen molar-refractivity contribution in [2.45, 2.75) is 12.5 Å². The number of nitrogens with zero attached hydrogens (tertiary/aromatic N) is 2. The van der Waals surface area contributed by atoms with E-state index in [-0.39, 0.29) is 24.2 Å². The van der Waals surface area contributed by atoms with E-state index in [0.717, 1.165) is 34.9 Å². The van der Waals surface area contributed by atoms with Crippen LogP contribution < -0.4 is 5.32 Å². The lowest BCUT2D eigenvalue weighted by Gasteiger charge is -2.35. The molecule has 3 heterocycles. The van der Waals surface area contributed by atoms with Crippen LogP contribution in [-0.2, 0) is 16.0 Å². The highest BCUT2D eigenvalue weighted by Crippen LogP contribution is 2.26. The number of hydrogen-bond acceptors (Lipinski definition) is 6. The summed E-state index contributed by atoms with van der Waals surface area (Å²) in [4.78, 5) is 19.4. The van der Waals surface area contributed by atoms with E-state index in [2.05, 4.69) is 20.6 Å². The number of thiazole rings is 1. The van der Waals surface area contributed by atoms with Crippen molar-refractivity contribution in [1.82, 2.24) is 15.2 Å². The molecule has 0 saturated carbocycles. The minimum atomic E-state index is -0.261. The van der Waals surface area contributed by atoms with Crippen molar-refractivity contribution >= 4 is 28.6 Å². The first-order valence-electron chi connectivity index (χ1n) is 9.50. The SMILES string of the molecule is O=C(Cc1csc(-c2ccsc2)n1)NC[C@@H](c1ccc(F)cc1)N1CCOCC1. The minimum Gasteiger partial charge on any atom is -0.379 e. The molecule has 4 rings (SSSR count). The number of thiophene rings is 1. The van der Waals surface area contributed by atoms with E-state index in [9.17, 15) is 9.18 Å². The van der Waals surface area contributed by atoms with Gasteiger partial charge in [0.2, 0.25) is 5.91 Å². The third-order valence-electron chi connectivity index (χ3n) is 4.90. The van der Waals surface area contributed by atoms with Gasteiger partial charge in [-0.1, -0.05) is 12.1 Å². The van der Waals surface area contributed by atoms with Crippen LogP contribution in [0, 0.1) is 5.82 Å². The van der Waals surface area contributed by atoms with Gasteiger partial charge in [0.25, 0.3) is 0 Å². The van der Waals surface area contributed by atoms with Crippen LogP contribution in [0.5, 0.6) is 0 Å². The Morgan fingerprint density at radius 2 is 2.00 bits per heavy atom. The van der Waals surface area contributed by atoms with Gasteiger partial charge in [-0.25, -0.2) is 9.37 Å². The molecular weight excluding hydrogens is 409 g/mol. The predicted molar refractivity (Wildman–Crippen MR) is 114 cm³/mol. The molecule has 1 aromatic carbocycles. The van der Waals surface area contributed by atoms with Gasteiger partial charge in [-0.15, -0.1) is 11.3 Å². The average molecular weight is 432 g/mol. The van der Waals surface area contributed by atoms with Crippen LogP contribution in [0.2, 0.25) is 0 Å². The molecule has 1 aliphatic heterocycles. The second kappa shape index (κ2) is 9.58. The maximum Gasteiger partial charge on any atom is 0.226 e. The number of carbonyl (C=O) groups is 1. The van der Waals surface area contributed by atoms with Crippen molar-refractivity contribution in [2.24, 2.45) is 0 Å². The van der Waals surface area contributed by atoms with Crippen molar-refractivity contribution in [1.29, 1.82) is 0 Å². The molecule has 152 valence electrons. The van der Waals surface area contributed by atoms with Crippen molar-refractivity contribution in [3.63, 3.8) is 0 Å². The number of morpholine rings is 1. The van der Waals surface area contributed by atoms with Crippen LogP contribution in [0.4, 0.5) is 4.39 Å². The Hall–Kier alpha value is -2.13. The van der Waals surface area contributed by atoms with Gasteiger partial charge < -0.3 is 10.1 Å². The molecular formula is C21H22FN3O2S2. The third-order valence-corrected chi connectivity index (χ3v) is 6.52. The van der Waals surface area contributed by atoms with Crippen molar-refractivity contribution in [3.8, 4) is 10.6 Å². The molecule has 1 fully saturated rings. The van der Waals surface area contributed by atoms with E-state index in [1.54, 1.807) is 34.8 Å². The van der Waals surface area contributed by atoms with E-state index in [1.165, 1.54) is 12.1 Å². The number of rotatable bonds is 7. The second-order valence-electron chi connectivity index (χ2n) is 6.85. The maximum absolute atomic E-state index is 13.3. The molecule has 1 N–H and O–H groups in total. The standard InChI is InChI=1S/C21H22FN3O2S2/c22-17-3-1-15(2-4-17)19(25-6-8-27-9-7-25)12-23-20(26)11-18-14-29-21(24-18)16-5-10-28-13-16/h1-5,10,13-14,19H,6-9,11-12H2,(H,23,26)/t19-/m0/s1. The highest BCUT2D eigenvalue weighted by atomic mass is 32.1. The molecule has 5 nitrogen and oxygen atoms in total. The maximum atomic E-state index is 13.3. The Morgan fingerprint density at radius 1 is 1.21 bits per heavy atom. The van der Waals surface area contributed by atoms with E-state index < -0.39 is 0 Å². The molecule has 2 aromatic heterocycles. The van der Waals surface area contributed by atoms with Crippen LogP contribution in [0.1, 0.15) is 17.3 Å². The number of carbonyl (C=O) groups excluding carboxylic acids is 1. The van der Waals surface area contributed by atoms with Gasteiger partial charge in [-0.3, -0.25) is 9.69 Å². The van der Waals surface area contributed by atoms with E-state index in [1.807, 2.05) is 16.8 Å². The summed E-state index contributed by atoms with van der Waals surface area (Å²) in [7, 11) is 0. The first-order valence-corrected chi connectivity index (χ1v) is 11.3. The van der Waals surface area contributed by atoms with Crippen LogP contribution in [0.15, 0.2) is 46.5 Å². The van der Waals surface area contributed by atoms with Crippen molar-refractivity contribution < 1.29 is 13.9 Å². The molecule has 1 atom stereocenters. The Balaban J connectivity index is 1.38. The van der Waals surface area contributed by atoms with Crippen molar-refractivity contribution in [3.05, 3.63) is 63.5 Å². The third kappa shape index (κ3) is 5.27. The fraction of sp³-hybridized carbons (Fsp3) is 0.333. The van der Waals surface area contributed by atoms with Gasteiger partial charge in [-0.05, 0) is 29.1 Å². The van der Waals surface area contributed by atoms with Gasteiger partial charge in [0, 0.05) is 36.0 Å². The number of halogens is 1. The van der Waals surface area contributed by atoms with Crippen LogP contribution in [0.25, 0.3) is 10.6 Å². The number of nitrogens with one attached hydrogen (secondary N) is 1. The van der Waals surface area contributed by atoms with E-state index >= 15 is 0 Å². The van der Waals surface area contributed by atoms with Crippen molar-refractivity contribution in [2.75, 3.05) is 32.8 Å². The predicted octanol–water partition coefficient (Wildman–Crippen LogP) is 3.74. The van der Waals surface area contributed by atoms with Gasteiger partial charge in [-0.2, -0.15) is 11.3 Å². The monoisotopic (exact) mass is 431 g/mol. The van der Waals surface area contributed by atoms with Crippen LogP contribution in [0.3, 0.4) is 0 Å². The first kappa shape index (κ1) is 20.2. The Bertz CT molecular complexity index is 922. The summed E-state index contributed by atoms with van der Waals surface area (Å²) >= 11 is 3.18. The summed E-state index contributed by atoms with van der Waals surface area (Å²) in [5, 5.41) is 9.98. The number of ether oxygens (including phenoxy) is 1. The molecule has 0 unspecified atom stereocenters.